The fourth-order valence-electron chi connectivity index (χ4n) is 3.09. The molecule has 0 bridgehead atoms. The van der Waals surface area contributed by atoms with Gasteiger partial charge in [-0.15, -0.1) is 0 Å². The minimum atomic E-state index is -0.785. The van der Waals surface area contributed by atoms with E-state index < -0.39 is 11.9 Å². The highest BCUT2D eigenvalue weighted by atomic mass is 16.4. The highest BCUT2D eigenvalue weighted by Crippen LogP contribution is 2.20. The van der Waals surface area contributed by atoms with Crippen molar-refractivity contribution in [3.63, 3.8) is 0 Å². The number of nitrogens with one attached hydrogen (secondary N) is 1. The summed E-state index contributed by atoms with van der Waals surface area (Å²) in [6.45, 7) is 2.26. The second kappa shape index (κ2) is 14.7. The topological polar surface area (TPSA) is 66.0 Å². The zero-order valence-electron chi connectivity index (χ0n) is 15.9. The van der Waals surface area contributed by atoms with Crippen molar-refractivity contribution < 1.29 is 9.90 Å². The minimum absolute atomic E-state index is 0.493. The van der Waals surface area contributed by atoms with Gasteiger partial charge >= 0.3 is 5.97 Å². The first kappa shape index (κ1) is 21.5. The van der Waals surface area contributed by atoms with Crippen LogP contribution in [0.25, 0.3) is 0 Å². The van der Waals surface area contributed by atoms with Gasteiger partial charge in [-0.2, -0.15) is 0 Å². The minimum Gasteiger partial charge on any atom is -0.481 e. The number of unbranched alkanes of at least 4 members (excludes halogenated alkanes) is 10. The Labute approximate surface area is 153 Å². The summed E-state index contributed by atoms with van der Waals surface area (Å²) in [5.41, 5.74) is 0. The van der Waals surface area contributed by atoms with Gasteiger partial charge in [0.15, 0.2) is 0 Å². The van der Waals surface area contributed by atoms with Gasteiger partial charge in [-0.05, 0) is 32.1 Å². The number of carboxylic acid groups (broad SMARTS) is 1. The lowest BCUT2D eigenvalue weighted by molar-refractivity contribution is -0.139. The van der Waals surface area contributed by atoms with E-state index in [4.69, 9.17) is 0 Å². The smallest absolute Gasteiger partial charge is 0.314 e. The number of rotatable bonds is 16. The summed E-state index contributed by atoms with van der Waals surface area (Å²) in [6.07, 6.45) is 23.5. The van der Waals surface area contributed by atoms with Crippen LogP contribution in [0.15, 0.2) is 24.5 Å². The maximum Gasteiger partial charge on any atom is 0.314 e. The van der Waals surface area contributed by atoms with Crippen molar-refractivity contribution in [2.45, 2.75) is 96.3 Å². The van der Waals surface area contributed by atoms with E-state index in [1.165, 1.54) is 57.8 Å². The van der Waals surface area contributed by atoms with Gasteiger partial charge in [-0.25, -0.2) is 4.98 Å². The van der Waals surface area contributed by atoms with Crippen LogP contribution < -0.4 is 0 Å². The number of hydrogen-bond donors (Lipinski definition) is 2. The number of aromatic amines is 1. The Morgan fingerprint density at radius 2 is 1.64 bits per heavy atom. The van der Waals surface area contributed by atoms with Gasteiger partial charge in [0.05, 0.1) is 0 Å². The molecule has 0 radical (unpaired) electrons. The van der Waals surface area contributed by atoms with Crippen LogP contribution in [-0.4, -0.2) is 21.0 Å². The Morgan fingerprint density at radius 1 is 1.04 bits per heavy atom. The molecule has 4 heteroatoms. The molecule has 1 rings (SSSR count). The number of nitrogens with zero attached hydrogens (tertiary/aromatic N) is 1. The van der Waals surface area contributed by atoms with Crippen LogP contribution in [0.4, 0.5) is 0 Å². The number of carbonyl (C=O) groups is 1. The van der Waals surface area contributed by atoms with E-state index in [0.29, 0.717) is 12.2 Å². The largest absolute Gasteiger partial charge is 0.481 e. The van der Waals surface area contributed by atoms with Crippen LogP contribution in [0.3, 0.4) is 0 Å². The molecule has 0 aliphatic heterocycles. The molecule has 0 aliphatic rings. The summed E-state index contributed by atoms with van der Waals surface area (Å²) in [5, 5.41) is 9.28. The van der Waals surface area contributed by atoms with Crippen molar-refractivity contribution in [3.05, 3.63) is 30.4 Å². The van der Waals surface area contributed by atoms with Gasteiger partial charge < -0.3 is 10.1 Å². The van der Waals surface area contributed by atoms with Gasteiger partial charge in [0.25, 0.3) is 0 Å². The van der Waals surface area contributed by atoms with E-state index >= 15 is 0 Å². The van der Waals surface area contributed by atoms with Crippen LogP contribution >= 0.6 is 0 Å². The zero-order valence-corrected chi connectivity index (χ0v) is 15.9. The molecule has 1 heterocycles. The molecule has 0 amide bonds. The summed E-state index contributed by atoms with van der Waals surface area (Å²) >= 11 is 0. The SMILES string of the molecule is CCCCCCCC/C=C\CCCCCCC(C(=O)O)c1ncc[nH]1. The van der Waals surface area contributed by atoms with Gasteiger partial charge in [0.1, 0.15) is 11.7 Å². The van der Waals surface area contributed by atoms with Crippen LogP contribution in [0.1, 0.15) is 102 Å². The third-order valence-corrected chi connectivity index (χ3v) is 4.65. The standard InChI is InChI=1S/C21H36N2O2/c1-2-3-4-5-6-7-8-9-10-11-12-13-14-15-16-19(21(24)25)20-22-17-18-23-20/h9-10,17-19H,2-8,11-16H2,1H3,(H,22,23)(H,24,25)/b10-9-. The predicted molar refractivity (Wildman–Crippen MR) is 104 cm³/mol. The van der Waals surface area contributed by atoms with Gasteiger partial charge in [-0.1, -0.05) is 70.4 Å². The molecule has 4 nitrogen and oxygen atoms in total. The fraction of sp³-hybridized carbons (Fsp3) is 0.714. The van der Waals surface area contributed by atoms with E-state index in [9.17, 15) is 9.90 Å². The molecule has 1 aromatic heterocycles. The highest BCUT2D eigenvalue weighted by molar-refractivity contribution is 5.74. The second-order valence-corrected chi connectivity index (χ2v) is 6.88. The number of carboxylic acids is 1. The lowest BCUT2D eigenvalue weighted by atomic mass is 10.00. The number of hydrogen-bond acceptors (Lipinski definition) is 2. The molecule has 0 saturated heterocycles. The van der Waals surface area contributed by atoms with Crippen molar-refractivity contribution in [1.82, 2.24) is 9.97 Å². The Kier molecular flexibility index (Phi) is 12.7. The fourth-order valence-corrected chi connectivity index (χ4v) is 3.09. The third-order valence-electron chi connectivity index (χ3n) is 4.65. The normalized spacial score (nSPS) is 12.7. The van der Waals surface area contributed by atoms with Crippen molar-refractivity contribution >= 4 is 5.97 Å². The van der Waals surface area contributed by atoms with Crippen LogP contribution in [0, 0.1) is 0 Å². The lowest BCUT2D eigenvalue weighted by Gasteiger charge is -2.09. The van der Waals surface area contributed by atoms with E-state index in [1.54, 1.807) is 12.4 Å². The molecule has 1 atom stereocenters. The van der Waals surface area contributed by atoms with E-state index in [0.717, 1.165) is 19.3 Å². The predicted octanol–water partition coefficient (Wildman–Crippen LogP) is 6.23. The van der Waals surface area contributed by atoms with Crippen molar-refractivity contribution in [1.29, 1.82) is 0 Å². The number of imidazole rings is 1. The Bertz CT molecular complexity index is 454. The van der Waals surface area contributed by atoms with Crippen LogP contribution in [-0.2, 0) is 4.79 Å². The lowest BCUT2D eigenvalue weighted by Crippen LogP contribution is -2.13. The molecule has 0 aromatic carbocycles. The van der Waals surface area contributed by atoms with Crippen LogP contribution in [0.2, 0.25) is 0 Å². The van der Waals surface area contributed by atoms with E-state index in [-0.39, 0.29) is 0 Å². The van der Waals surface area contributed by atoms with Gasteiger partial charge in [0, 0.05) is 12.4 Å². The van der Waals surface area contributed by atoms with E-state index in [2.05, 4.69) is 29.0 Å². The van der Waals surface area contributed by atoms with E-state index in [1.807, 2.05) is 0 Å². The molecule has 2 N–H and O–H groups in total. The highest BCUT2D eigenvalue weighted by Gasteiger charge is 2.21. The number of allylic oxidation sites excluding steroid dienone is 2. The quantitative estimate of drug-likeness (QED) is 0.275. The summed E-state index contributed by atoms with van der Waals surface area (Å²) in [4.78, 5) is 18.3. The molecule has 0 saturated carbocycles. The Hall–Kier alpha value is -1.58. The molecule has 1 unspecified atom stereocenters. The number of H-pyrrole nitrogens is 1. The van der Waals surface area contributed by atoms with Crippen LogP contribution in [0.5, 0.6) is 0 Å². The summed E-state index contributed by atoms with van der Waals surface area (Å²) in [6, 6.07) is 0. The maximum atomic E-state index is 11.3. The first-order valence-corrected chi connectivity index (χ1v) is 10.1. The molecular weight excluding hydrogens is 312 g/mol. The molecule has 0 fully saturated rings. The molecule has 25 heavy (non-hydrogen) atoms. The number of aliphatic carboxylic acids is 1. The first-order valence-electron chi connectivity index (χ1n) is 10.1. The van der Waals surface area contributed by atoms with Crippen molar-refractivity contribution in [3.8, 4) is 0 Å². The second-order valence-electron chi connectivity index (χ2n) is 6.88. The maximum absolute atomic E-state index is 11.3. The third kappa shape index (κ3) is 10.8. The first-order chi connectivity index (χ1) is 12.3. The molecule has 142 valence electrons. The van der Waals surface area contributed by atoms with Crippen molar-refractivity contribution in [2.75, 3.05) is 0 Å². The van der Waals surface area contributed by atoms with Gasteiger partial charge in [-0.3, -0.25) is 4.79 Å². The molecular formula is C21H36N2O2. The average molecular weight is 349 g/mol. The molecule has 0 aliphatic carbocycles. The molecule has 0 spiro atoms. The molecule has 1 aromatic rings. The van der Waals surface area contributed by atoms with Crippen molar-refractivity contribution in [2.24, 2.45) is 0 Å². The monoisotopic (exact) mass is 348 g/mol. The number of aromatic nitrogens is 2. The Morgan fingerprint density at radius 3 is 2.20 bits per heavy atom. The average Bonchev–Trinajstić information content (AvgIpc) is 3.12. The van der Waals surface area contributed by atoms with Gasteiger partial charge in [0.2, 0.25) is 0 Å². The summed E-state index contributed by atoms with van der Waals surface area (Å²) in [7, 11) is 0. The Balaban J connectivity index is 1.94. The summed E-state index contributed by atoms with van der Waals surface area (Å²) < 4.78 is 0. The summed E-state index contributed by atoms with van der Waals surface area (Å²) in [5.74, 6) is -0.704. The zero-order chi connectivity index (χ0) is 18.2.